The summed E-state index contributed by atoms with van der Waals surface area (Å²) < 4.78 is 2.50. The van der Waals surface area contributed by atoms with Gasteiger partial charge in [0.1, 0.15) is 0 Å². The fraction of sp³-hybridized carbons (Fsp3) is 0.636. The summed E-state index contributed by atoms with van der Waals surface area (Å²) in [7, 11) is 0. The monoisotopic (exact) mass is 366 g/mol. The highest BCUT2D eigenvalue weighted by molar-refractivity contribution is 5.81. The molecule has 5 nitrogen and oxygen atoms in total. The van der Waals surface area contributed by atoms with Gasteiger partial charge in [0.25, 0.3) is 0 Å². The predicted molar refractivity (Wildman–Crippen MR) is 108 cm³/mol. The number of piperidine rings is 1. The Morgan fingerprint density at radius 1 is 1.00 bits per heavy atom. The Kier molecular flexibility index (Phi) is 4.54. The number of rotatable bonds is 4. The van der Waals surface area contributed by atoms with E-state index in [0.717, 1.165) is 50.2 Å². The lowest BCUT2D eigenvalue weighted by molar-refractivity contribution is -0.125. The highest BCUT2D eigenvalue weighted by Crippen LogP contribution is 2.36. The van der Waals surface area contributed by atoms with Gasteiger partial charge in [-0.25, -0.2) is 4.98 Å². The molecule has 1 aliphatic heterocycles. The average Bonchev–Trinajstić information content (AvgIpc) is 3.45. The zero-order valence-corrected chi connectivity index (χ0v) is 16.1. The molecule has 3 fully saturated rings. The second kappa shape index (κ2) is 7.17. The van der Waals surface area contributed by atoms with Crippen molar-refractivity contribution in [3.63, 3.8) is 0 Å². The average molecular weight is 367 g/mol. The van der Waals surface area contributed by atoms with E-state index in [1.54, 1.807) is 0 Å². The molecule has 0 bridgehead atoms. The van der Waals surface area contributed by atoms with Crippen LogP contribution >= 0.6 is 0 Å². The van der Waals surface area contributed by atoms with Crippen LogP contribution in [0.4, 0.5) is 5.95 Å². The molecule has 1 aromatic heterocycles. The Labute approximate surface area is 161 Å². The lowest BCUT2D eigenvalue weighted by Crippen LogP contribution is -2.44. The SMILES string of the molecule is O=C(NC1CC1)[C@@H]1CCCN(c2nc3ccccc3n2C2CCCCC2)C1. The van der Waals surface area contributed by atoms with Crippen molar-refractivity contribution in [3.8, 4) is 0 Å². The van der Waals surface area contributed by atoms with Gasteiger partial charge in [0.15, 0.2) is 0 Å². The minimum absolute atomic E-state index is 0.0963. The van der Waals surface area contributed by atoms with E-state index in [0.29, 0.717) is 12.1 Å². The molecule has 2 saturated carbocycles. The number of carbonyl (C=O) groups excluding carboxylic acids is 1. The highest BCUT2D eigenvalue weighted by Gasteiger charge is 2.33. The number of hydrogen-bond donors (Lipinski definition) is 1. The summed E-state index contributed by atoms with van der Waals surface area (Å²) in [6, 6.07) is 9.52. The van der Waals surface area contributed by atoms with Crippen LogP contribution in [0.3, 0.4) is 0 Å². The van der Waals surface area contributed by atoms with Crippen molar-refractivity contribution in [3.05, 3.63) is 24.3 Å². The zero-order chi connectivity index (χ0) is 18.2. The normalized spacial score (nSPS) is 24.3. The van der Waals surface area contributed by atoms with Gasteiger partial charge in [0, 0.05) is 25.2 Å². The van der Waals surface area contributed by atoms with Gasteiger partial charge < -0.3 is 14.8 Å². The molecule has 1 N–H and O–H groups in total. The summed E-state index contributed by atoms with van der Waals surface area (Å²) in [6.45, 7) is 1.80. The van der Waals surface area contributed by atoms with E-state index in [4.69, 9.17) is 4.98 Å². The summed E-state index contributed by atoms with van der Waals surface area (Å²) in [4.78, 5) is 20.0. The first-order valence-corrected chi connectivity index (χ1v) is 10.8. The Bertz CT molecular complexity index is 819. The molecule has 2 aromatic rings. The summed E-state index contributed by atoms with van der Waals surface area (Å²) in [5.74, 6) is 1.44. The molecule has 0 unspecified atom stereocenters. The molecule has 2 heterocycles. The summed E-state index contributed by atoms with van der Waals surface area (Å²) in [5, 5.41) is 3.21. The molecule has 2 aliphatic carbocycles. The zero-order valence-electron chi connectivity index (χ0n) is 16.1. The number of amides is 1. The highest BCUT2D eigenvalue weighted by atomic mass is 16.2. The smallest absolute Gasteiger partial charge is 0.225 e. The van der Waals surface area contributed by atoms with Crippen LogP contribution in [0.5, 0.6) is 0 Å². The van der Waals surface area contributed by atoms with Crippen LogP contribution in [0.1, 0.15) is 63.8 Å². The number of para-hydroxylation sites is 2. The third-order valence-electron chi connectivity index (χ3n) is 6.52. The minimum atomic E-state index is 0.0963. The van der Waals surface area contributed by atoms with Crippen molar-refractivity contribution in [2.75, 3.05) is 18.0 Å². The third kappa shape index (κ3) is 3.44. The number of nitrogens with one attached hydrogen (secondary N) is 1. The van der Waals surface area contributed by atoms with Gasteiger partial charge in [0.05, 0.1) is 17.0 Å². The summed E-state index contributed by atoms with van der Waals surface area (Å²) in [6.07, 6.45) is 10.8. The minimum Gasteiger partial charge on any atom is -0.353 e. The summed E-state index contributed by atoms with van der Waals surface area (Å²) in [5.41, 5.74) is 2.34. The predicted octanol–water partition coefficient (Wildman–Crippen LogP) is 4.04. The molecule has 3 aliphatic rings. The van der Waals surface area contributed by atoms with E-state index < -0.39 is 0 Å². The van der Waals surface area contributed by atoms with Crippen molar-refractivity contribution in [2.24, 2.45) is 5.92 Å². The van der Waals surface area contributed by atoms with Crippen molar-refractivity contribution in [1.82, 2.24) is 14.9 Å². The maximum atomic E-state index is 12.6. The van der Waals surface area contributed by atoms with Crippen LogP contribution in [0.2, 0.25) is 0 Å². The maximum Gasteiger partial charge on any atom is 0.225 e. The quantitative estimate of drug-likeness (QED) is 0.888. The third-order valence-corrected chi connectivity index (χ3v) is 6.52. The fourth-order valence-corrected chi connectivity index (χ4v) is 4.87. The molecule has 0 spiro atoms. The number of imidazole rings is 1. The van der Waals surface area contributed by atoms with Crippen LogP contribution in [0.25, 0.3) is 11.0 Å². The second-order valence-electron chi connectivity index (χ2n) is 8.63. The van der Waals surface area contributed by atoms with Crippen LogP contribution in [0, 0.1) is 5.92 Å². The molecule has 27 heavy (non-hydrogen) atoms. The van der Waals surface area contributed by atoms with Gasteiger partial charge in [-0.2, -0.15) is 0 Å². The Morgan fingerprint density at radius 3 is 2.63 bits per heavy atom. The molecular formula is C22H30N4O. The summed E-state index contributed by atoms with van der Waals surface area (Å²) >= 11 is 0. The Balaban J connectivity index is 1.45. The molecule has 5 heteroatoms. The number of carbonyl (C=O) groups is 1. The molecule has 0 radical (unpaired) electrons. The number of anilines is 1. The molecular weight excluding hydrogens is 336 g/mol. The molecule has 1 saturated heterocycles. The fourth-order valence-electron chi connectivity index (χ4n) is 4.87. The van der Waals surface area contributed by atoms with Crippen LogP contribution in [0.15, 0.2) is 24.3 Å². The van der Waals surface area contributed by atoms with E-state index >= 15 is 0 Å². The number of nitrogens with zero attached hydrogens (tertiary/aromatic N) is 3. The Morgan fingerprint density at radius 2 is 1.81 bits per heavy atom. The molecule has 1 amide bonds. The standard InChI is InChI=1S/C22H30N4O/c27-21(23-17-12-13-17)16-7-6-14-25(15-16)22-24-19-10-4-5-11-20(19)26(22)18-8-2-1-3-9-18/h4-5,10-11,16-18H,1-3,6-9,12-15H2,(H,23,27)/t16-/m1/s1. The van der Waals surface area contributed by atoms with E-state index in [1.165, 1.54) is 37.6 Å². The van der Waals surface area contributed by atoms with Gasteiger partial charge in [-0.15, -0.1) is 0 Å². The van der Waals surface area contributed by atoms with Crippen molar-refractivity contribution < 1.29 is 4.79 Å². The number of fused-ring (bicyclic) bond motifs is 1. The van der Waals surface area contributed by atoms with Gasteiger partial charge in [-0.05, 0) is 50.7 Å². The van der Waals surface area contributed by atoms with Gasteiger partial charge in [-0.1, -0.05) is 31.4 Å². The van der Waals surface area contributed by atoms with Crippen molar-refractivity contribution in [1.29, 1.82) is 0 Å². The second-order valence-corrected chi connectivity index (χ2v) is 8.63. The van der Waals surface area contributed by atoms with Gasteiger partial charge >= 0.3 is 0 Å². The first kappa shape index (κ1) is 17.1. The molecule has 1 aromatic carbocycles. The van der Waals surface area contributed by atoms with E-state index in [2.05, 4.69) is 39.0 Å². The van der Waals surface area contributed by atoms with E-state index in [9.17, 15) is 4.79 Å². The Hall–Kier alpha value is -2.04. The van der Waals surface area contributed by atoms with Crippen LogP contribution in [-0.4, -0.2) is 34.6 Å². The first-order valence-electron chi connectivity index (χ1n) is 10.8. The van der Waals surface area contributed by atoms with Gasteiger partial charge in [-0.3, -0.25) is 4.79 Å². The lowest BCUT2D eigenvalue weighted by Gasteiger charge is -2.35. The largest absolute Gasteiger partial charge is 0.353 e. The van der Waals surface area contributed by atoms with Gasteiger partial charge in [0.2, 0.25) is 11.9 Å². The molecule has 5 rings (SSSR count). The maximum absolute atomic E-state index is 12.6. The number of hydrogen-bond acceptors (Lipinski definition) is 3. The topological polar surface area (TPSA) is 50.2 Å². The number of aromatic nitrogens is 2. The van der Waals surface area contributed by atoms with Crippen LogP contribution < -0.4 is 10.2 Å². The first-order chi connectivity index (χ1) is 13.3. The van der Waals surface area contributed by atoms with Crippen molar-refractivity contribution >= 4 is 22.9 Å². The van der Waals surface area contributed by atoms with Crippen LogP contribution in [-0.2, 0) is 4.79 Å². The van der Waals surface area contributed by atoms with Crippen molar-refractivity contribution in [2.45, 2.75) is 69.9 Å². The number of benzene rings is 1. The van der Waals surface area contributed by atoms with E-state index in [-0.39, 0.29) is 11.8 Å². The van der Waals surface area contributed by atoms with E-state index in [1.807, 2.05) is 0 Å². The molecule has 1 atom stereocenters. The lowest BCUT2D eigenvalue weighted by atomic mass is 9.95. The molecule has 144 valence electrons.